The third-order valence-corrected chi connectivity index (χ3v) is 13.7. The molecule has 3 atom stereocenters. The lowest BCUT2D eigenvalue weighted by Gasteiger charge is -2.29. The van der Waals surface area contributed by atoms with Crippen LogP contribution in [0.3, 0.4) is 0 Å². The summed E-state index contributed by atoms with van der Waals surface area (Å²) in [6, 6.07) is -0.913. The van der Waals surface area contributed by atoms with E-state index in [1.54, 1.807) is 6.08 Å². The largest absolute Gasteiger partial charge is 0.756 e. The molecular formula is C58H111N2O6P. The van der Waals surface area contributed by atoms with Crippen molar-refractivity contribution in [3.63, 3.8) is 0 Å². The number of allylic oxidation sites excluding steroid dienone is 7. The Bertz CT molecular complexity index is 1230. The third kappa shape index (κ3) is 52.1. The Kier molecular flexibility index (Phi) is 48.3. The number of phosphoric ester groups is 1. The molecule has 0 saturated heterocycles. The second kappa shape index (κ2) is 49.4. The fourth-order valence-corrected chi connectivity index (χ4v) is 8.96. The van der Waals surface area contributed by atoms with Crippen LogP contribution in [-0.2, 0) is 18.4 Å². The van der Waals surface area contributed by atoms with Crippen LogP contribution in [-0.4, -0.2) is 68.5 Å². The van der Waals surface area contributed by atoms with Crippen molar-refractivity contribution in [2.24, 2.45) is 0 Å². The molecule has 0 bridgehead atoms. The van der Waals surface area contributed by atoms with E-state index < -0.39 is 26.6 Å². The molecule has 394 valence electrons. The first-order chi connectivity index (χ1) is 32.5. The van der Waals surface area contributed by atoms with Gasteiger partial charge in [0, 0.05) is 6.42 Å². The molecule has 0 saturated carbocycles. The molecule has 2 N–H and O–H groups in total. The summed E-state index contributed by atoms with van der Waals surface area (Å²) in [5.41, 5.74) is 0. The van der Waals surface area contributed by atoms with Gasteiger partial charge < -0.3 is 28.8 Å². The van der Waals surface area contributed by atoms with Gasteiger partial charge in [-0.2, -0.15) is 0 Å². The summed E-state index contributed by atoms with van der Waals surface area (Å²) in [7, 11) is 1.23. The maximum absolute atomic E-state index is 12.9. The molecule has 0 aliphatic heterocycles. The van der Waals surface area contributed by atoms with Crippen molar-refractivity contribution in [3.8, 4) is 0 Å². The first-order valence-electron chi connectivity index (χ1n) is 28.5. The summed E-state index contributed by atoms with van der Waals surface area (Å²) < 4.78 is 23.3. The average Bonchev–Trinajstić information content (AvgIpc) is 3.29. The lowest BCUT2D eigenvalue weighted by atomic mass is 10.0. The standard InChI is InChI=1S/C58H111N2O6P/c1-6-8-10-12-14-16-18-20-22-24-26-27-28-29-30-31-32-33-34-35-37-39-41-43-45-47-49-51-57(61)56(55-66-67(63,64)65-54-53-60(3,4)5)59-58(62)52-50-48-46-44-42-40-38-36-25-23-21-19-17-15-13-11-9-7-2/h23,25,34-35,41,43,49,51,56-57,61H,6-22,24,26-33,36-40,42,44-48,50,52-55H2,1-5H3,(H-,59,62,63,64)/b25-23-,35-34+,43-41+,51-49+. The van der Waals surface area contributed by atoms with Gasteiger partial charge in [-0.1, -0.05) is 236 Å². The fourth-order valence-electron chi connectivity index (χ4n) is 8.24. The number of nitrogens with zero attached hydrogens (tertiary/aromatic N) is 1. The number of carbonyl (C=O) groups excluding carboxylic acids is 1. The zero-order valence-electron chi connectivity index (χ0n) is 44.9. The average molecular weight is 964 g/mol. The van der Waals surface area contributed by atoms with E-state index in [9.17, 15) is 19.4 Å². The minimum atomic E-state index is -4.61. The van der Waals surface area contributed by atoms with Crippen LogP contribution < -0.4 is 10.2 Å². The molecular weight excluding hydrogens is 852 g/mol. The summed E-state index contributed by atoms with van der Waals surface area (Å²) in [5, 5.41) is 13.8. The maximum Gasteiger partial charge on any atom is 0.268 e. The normalized spacial score (nSPS) is 14.3. The number of quaternary nitrogens is 1. The van der Waals surface area contributed by atoms with E-state index in [-0.39, 0.29) is 12.5 Å². The number of hydrogen-bond donors (Lipinski definition) is 2. The van der Waals surface area contributed by atoms with E-state index in [1.807, 2.05) is 27.2 Å². The van der Waals surface area contributed by atoms with Crippen LogP contribution in [0.25, 0.3) is 0 Å². The van der Waals surface area contributed by atoms with Gasteiger partial charge >= 0.3 is 0 Å². The number of aliphatic hydroxyl groups excluding tert-OH is 1. The second-order valence-corrected chi connectivity index (χ2v) is 22.0. The molecule has 9 heteroatoms. The number of unbranched alkanes of at least 4 members (excludes halogenated alkanes) is 33. The van der Waals surface area contributed by atoms with Crippen molar-refractivity contribution in [3.05, 3.63) is 48.6 Å². The van der Waals surface area contributed by atoms with E-state index in [0.29, 0.717) is 17.4 Å². The summed E-state index contributed by atoms with van der Waals surface area (Å²) in [5.74, 6) is -0.215. The van der Waals surface area contributed by atoms with Gasteiger partial charge in [0.15, 0.2) is 0 Å². The van der Waals surface area contributed by atoms with Crippen molar-refractivity contribution in [1.82, 2.24) is 5.32 Å². The molecule has 0 rings (SSSR count). The van der Waals surface area contributed by atoms with Gasteiger partial charge in [0.2, 0.25) is 5.91 Å². The lowest BCUT2D eigenvalue weighted by Crippen LogP contribution is -2.45. The summed E-state index contributed by atoms with van der Waals surface area (Å²) in [4.78, 5) is 25.5. The van der Waals surface area contributed by atoms with Crippen molar-refractivity contribution < 1.29 is 32.9 Å². The number of hydrogen-bond acceptors (Lipinski definition) is 6. The molecule has 1 amide bonds. The second-order valence-electron chi connectivity index (χ2n) is 20.6. The van der Waals surface area contributed by atoms with Crippen molar-refractivity contribution >= 4 is 13.7 Å². The van der Waals surface area contributed by atoms with Gasteiger partial charge in [0.05, 0.1) is 39.9 Å². The molecule has 0 spiro atoms. The maximum atomic E-state index is 12.9. The van der Waals surface area contributed by atoms with Gasteiger partial charge in [-0.15, -0.1) is 0 Å². The van der Waals surface area contributed by atoms with Crippen LogP contribution in [0.5, 0.6) is 0 Å². The smallest absolute Gasteiger partial charge is 0.268 e. The molecule has 0 aliphatic carbocycles. The number of rotatable bonds is 52. The summed E-state index contributed by atoms with van der Waals surface area (Å²) in [6.07, 6.45) is 64.8. The van der Waals surface area contributed by atoms with E-state index in [2.05, 4.69) is 55.6 Å². The molecule has 0 aromatic rings. The van der Waals surface area contributed by atoms with E-state index >= 15 is 0 Å². The number of carbonyl (C=O) groups is 1. The first-order valence-corrected chi connectivity index (χ1v) is 30.0. The number of likely N-dealkylation sites (N-methyl/N-ethyl adjacent to an activating group) is 1. The predicted molar refractivity (Wildman–Crippen MR) is 288 cm³/mol. The first kappa shape index (κ1) is 65.5. The highest BCUT2D eigenvalue weighted by Gasteiger charge is 2.23. The lowest BCUT2D eigenvalue weighted by molar-refractivity contribution is -0.870. The Morgan fingerprint density at radius 3 is 1.21 bits per heavy atom. The van der Waals surface area contributed by atoms with Gasteiger partial charge in [-0.05, 0) is 70.6 Å². The van der Waals surface area contributed by atoms with Gasteiger partial charge in [0.1, 0.15) is 13.2 Å². The van der Waals surface area contributed by atoms with Crippen LogP contribution in [0.1, 0.15) is 264 Å². The van der Waals surface area contributed by atoms with E-state index in [4.69, 9.17) is 9.05 Å². The van der Waals surface area contributed by atoms with Gasteiger partial charge in [0.25, 0.3) is 7.82 Å². The molecule has 3 unspecified atom stereocenters. The highest BCUT2D eigenvalue weighted by molar-refractivity contribution is 7.45. The van der Waals surface area contributed by atoms with E-state index in [0.717, 1.165) is 44.9 Å². The summed E-state index contributed by atoms with van der Waals surface area (Å²) in [6.45, 7) is 4.64. The Morgan fingerprint density at radius 2 is 0.836 bits per heavy atom. The topological polar surface area (TPSA) is 108 Å². The third-order valence-electron chi connectivity index (χ3n) is 12.7. The Hall–Kier alpha value is -1.54. The highest BCUT2D eigenvalue weighted by Crippen LogP contribution is 2.38. The quantitative estimate of drug-likeness (QED) is 0.0272. The molecule has 0 fully saturated rings. The van der Waals surface area contributed by atoms with Gasteiger partial charge in [-0.25, -0.2) is 0 Å². The van der Waals surface area contributed by atoms with Crippen LogP contribution in [0, 0.1) is 0 Å². The minimum absolute atomic E-state index is 0.0103. The van der Waals surface area contributed by atoms with Crippen molar-refractivity contribution in [1.29, 1.82) is 0 Å². The minimum Gasteiger partial charge on any atom is -0.756 e. The molecule has 0 heterocycles. The van der Waals surface area contributed by atoms with Crippen molar-refractivity contribution in [2.45, 2.75) is 276 Å². The van der Waals surface area contributed by atoms with Crippen LogP contribution in [0.15, 0.2) is 48.6 Å². The van der Waals surface area contributed by atoms with Crippen LogP contribution in [0.2, 0.25) is 0 Å². The molecule has 0 aromatic carbocycles. The Labute approximate surface area is 416 Å². The summed E-state index contributed by atoms with van der Waals surface area (Å²) >= 11 is 0. The van der Waals surface area contributed by atoms with Gasteiger partial charge in [-0.3, -0.25) is 9.36 Å². The molecule has 0 aliphatic rings. The number of nitrogens with one attached hydrogen (secondary N) is 1. The number of amides is 1. The molecule has 8 nitrogen and oxygen atoms in total. The SMILES string of the molecule is CCCCCCCCC/C=C\CCCCCCCCCC(=O)NC(COP(=O)([O-])OCC[N+](C)(C)C)C(O)/C=C/CC/C=C/CC/C=C/CCCCCCCCCCCCCCCCCCC. The Morgan fingerprint density at radius 1 is 0.507 bits per heavy atom. The van der Waals surface area contributed by atoms with Crippen LogP contribution >= 0.6 is 7.82 Å². The highest BCUT2D eigenvalue weighted by atomic mass is 31.2. The van der Waals surface area contributed by atoms with Crippen molar-refractivity contribution in [2.75, 3.05) is 40.9 Å². The monoisotopic (exact) mass is 963 g/mol. The van der Waals surface area contributed by atoms with Crippen LogP contribution in [0.4, 0.5) is 0 Å². The predicted octanol–water partition coefficient (Wildman–Crippen LogP) is 16.5. The van der Waals surface area contributed by atoms with E-state index in [1.165, 1.54) is 199 Å². The zero-order valence-corrected chi connectivity index (χ0v) is 45.7. The molecule has 67 heavy (non-hydrogen) atoms. The zero-order chi connectivity index (χ0) is 49.2. The Balaban J connectivity index is 4.29. The number of aliphatic hydroxyl groups is 1. The fraction of sp³-hybridized carbons (Fsp3) is 0.845. The molecule has 0 radical (unpaired) electrons. The number of phosphoric acid groups is 1. The molecule has 0 aromatic heterocycles.